The number of nitrogens with zero attached hydrogens (tertiary/aromatic N) is 6. The number of piperazine rings is 1. The maximum Gasteiger partial charge on any atom is 0.410 e. The quantitative estimate of drug-likeness (QED) is 0.455. The van der Waals surface area contributed by atoms with E-state index in [9.17, 15) is 19.2 Å². The molecule has 1 fully saturated rings. The number of hydrogen-bond donors (Lipinski definition) is 2. The number of carbonyl (C=O) groups excluding carboxylic acids is 3. The first-order chi connectivity index (χ1) is 19.2. The van der Waals surface area contributed by atoms with Gasteiger partial charge in [-0.25, -0.2) is 14.6 Å². The molecule has 4 rings (SSSR count). The van der Waals surface area contributed by atoms with E-state index in [1.54, 1.807) is 42.3 Å². The molecular formula is C26H34N8O6S. The highest BCUT2D eigenvalue weighted by atomic mass is 32.1. The second-order valence-electron chi connectivity index (χ2n) is 11.3. The number of alkyl carbamates (subject to hydrolysis) is 1. The zero-order chi connectivity index (χ0) is 29.9. The molecule has 41 heavy (non-hydrogen) atoms. The zero-order valence-electron chi connectivity index (χ0n) is 23.9. The molecule has 0 aromatic carbocycles. The van der Waals surface area contributed by atoms with Crippen LogP contribution in [0.3, 0.4) is 0 Å². The topological polar surface area (TPSA) is 160 Å². The maximum atomic E-state index is 12.4. The van der Waals surface area contributed by atoms with Crippen molar-refractivity contribution in [1.29, 1.82) is 0 Å². The summed E-state index contributed by atoms with van der Waals surface area (Å²) >= 11 is 1.22. The molecule has 3 amide bonds. The molecule has 3 aromatic rings. The number of pyridine rings is 1. The molecule has 1 aliphatic rings. The predicted molar refractivity (Wildman–Crippen MR) is 153 cm³/mol. The highest BCUT2D eigenvalue weighted by molar-refractivity contribution is 7.19. The predicted octanol–water partition coefficient (Wildman–Crippen LogP) is 2.73. The molecule has 0 unspecified atom stereocenters. The van der Waals surface area contributed by atoms with Crippen LogP contribution in [0.2, 0.25) is 0 Å². The second-order valence-corrected chi connectivity index (χ2v) is 12.3. The van der Waals surface area contributed by atoms with Crippen LogP contribution in [0.15, 0.2) is 29.2 Å². The van der Waals surface area contributed by atoms with Crippen LogP contribution in [-0.2, 0) is 14.3 Å². The number of amides is 3. The number of aromatic nitrogens is 4. The lowest BCUT2D eigenvalue weighted by atomic mass is 10.2. The van der Waals surface area contributed by atoms with E-state index in [2.05, 4.69) is 25.7 Å². The Hall–Kier alpha value is -4.27. The molecule has 2 N–H and O–H groups in total. The molecule has 3 aromatic heterocycles. The fourth-order valence-electron chi connectivity index (χ4n) is 3.87. The Kier molecular flexibility index (Phi) is 8.47. The Balaban J connectivity index is 1.46. The summed E-state index contributed by atoms with van der Waals surface area (Å²) in [6, 6.07) is 4.79. The molecule has 0 bridgehead atoms. The molecule has 0 aliphatic carbocycles. The van der Waals surface area contributed by atoms with Crippen LogP contribution in [-0.4, -0.2) is 86.5 Å². The Bertz CT molecular complexity index is 1500. The van der Waals surface area contributed by atoms with Crippen molar-refractivity contribution < 1.29 is 23.9 Å². The van der Waals surface area contributed by atoms with E-state index in [-0.39, 0.29) is 18.5 Å². The summed E-state index contributed by atoms with van der Waals surface area (Å²) in [5.41, 5.74) is -1.01. The average Bonchev–Trinajstić information content (AvgIpc) is 3.29. The highest BCUT2D eigenvalue weighted by Gasteiger charge is 2.27. The minimum absolute atomic E-state index is 0.263. The minimum atomic E-state index is -0.701. The number of rotatable bonds is 5. The molecule has 0 spiro atoms. The van der Waals surface area contributed by atoms with Gasteiger partial charge < -0.3 is 29.9 Å². The van der Waals surface area contributed by atoms with Crippen molar-refractivity contribution in [2.45, 2.75) is 52.7 Å². The Morgan fingerprint density at radius 1 is 1.00 bits per heavy atom. The van der Waals surface area contributed by atoms with E-state index in [0.717, 1.165) is 0 Å². The standard InChI is InChI=1S/C26H34N8O6S/c1-25(2,3)39-23(37)28-15-19(36)29-17-13-16(7-8-27-17)21-31-34-20(14-18(35)30-22(34)41-21)32-9-11-33(12-10-32)24(38)40-26(4,5)6/h7-8,13-14H,9-12,15H2,1-6H3,(H,28,37)(H,27,29,36). The normalized spacial score (nSPS) is 14.1. The first kappa shape index (κ1) is 29.7. The summed E-state index contributed by atoms with van der Waals surface area (Å²) in [6.45, 7) is 12.2. The van der Waals surface area contributed by atoms with Gasteiger partial charge in [0.05, 0.1) is 0 Å². The van der Waals surface area contributed by atoms with Crippen molar-refractivity contribution in [2.24, 2.45) is 0 Å². The maximum absolute atomic E-state index is 12.4. The minimum Gasteiger partial charge on any atom is -0.444 e. The number of hydrogen-bond acceptors (Lipinski definition) is 11. The van der Waals surface area contributed by atoms with Gasteiger partial charge in [-0.3, -0.25) is 9.59 Å². The summed E-state index contributed by atoms with van der Waals surface area (Å²) in [5, 5.41) is 10.3. The van der Waals surface area contributed by atoms with Crippen LogP contribution in [0.1, 0.15) is 41.5 Å². The van der Waals surface area contributed by atoms with Crippen LogP contribution in [0.5, 0.6) is 0 Å². The van der Waals surface area contributed by atoms with Crippen molar-refractivity contribution >= 4 is 46.0 Å². The Morgan fingerprint density at radius 3 is 2.34 bits per heavy atom. The summed E-state index contributed by atoms with van der Waals surface area (Å²) < 4.78 is 12.2. The van der Waals surface area contributed by atoms with E-state index in [1.165, 1.54) is 23.6 Å². The lowest BCUT2D eigenvalue weighted by molar-refractivity contribution is -0.115. The number of nitrogens with one attached hydrogen (secondary N) is 2. The van der Waals surface area contributed by atoms with E-state index in [0.29, 0.717) is 47.5 Å². The van der Waals surface area contributed by atoms with Gasteiger partial charge in [-0.2, -0.15) is 14.6 Å². The Morgan fingerprint density at radius 2 is 1.68 bits per heavy atom. The van der Waals surface area contributed by atoms with Gasteiger partial charge in [0.25, 0.3) is 5.56 Å². The first-order valence-corrected chi connectivity index (χ1v) is 13.9. The van der Waals surface area contributed by atoms with Crippen molar-refractivity contribution in [3.05, 3.63) is 34.7 Å². The monoisotopic (exact) mass is 586 g/mol. The van der Waals surface area contributed by atoms with Gasteiger partial charge in [0.2, 0.25) is 10.9 Å². The molecule has 1 aliphatic heterocycles. The van der Waals surface area contributed by atoms with E-state index in [4.69, 9.17) is 9.47 Å². The zero-order valence-corrected chi connectivity index (χ0v) is 24.7. The highest BCUT2D eigenvalue weighted by Crippen LogP contribution is 2.28. The second kappa shape index (κ2) is 11.7. The molecule has 1 saturated heterocycles. The molecule has 0 atom stereocenters. The smallest absolute Gasteiger partial charge is 0.410 e. The van der Waals surface area contributed by atoms with Gasteiger partial charge in [-0.15, -0.1) is 0 Å². The van der Waals surface area contributed by atoms with Gasteiger partial charge in [0.1, 0.15) is 34.4 Å². The molecule has 0 saturated carbocycles. The van der Waals surface area contributed by atoms with Gasteiger partial charge >= 0.3 is 12.2 Å². The van der Waals surface area contributed by atoms with Crippen molar-refractivity contribution in [3.63, 3.8) is 0 Å². The van der Waals surface area contributed by atoms with Gasteiger partial charge in [-0.1, -0.05) is 11.3 Å². The molecule has 15 heteroatoms. The van der Waals surface area contributed by atoms with Crippen molar-refractivity contribution in [2.75, 3.05) is 42.9 Å². The van der Waals surface area contributed by atoms with E-state index in [1.807, 2.05) is 25.7 Å². The molecule has 220 valence electrons. The SMILES string of the molecule is CC(C)(C)OC(=O)NCC(=O)Nc1cc(-c2nn3c(N4CCN(C(=O)OC(C)(C)C)CC4)cc(=O)nc3s2)ccn1. The lowest BCUT2D eigenvalue weighted by Gasteiger charge is -2.36. The molecular weight excluding hydrogens is 552 g/mol. The molecule has 4 heterocycles. The summed E-state index contributed by atoms with van der Waals surface area (Å²) in [5.74, 6) is 0.352. The largest absolute Gasteiger partial charge is 0.444 e. The summed E-state index contributed by atoms with van der Waals surface area (Å²) in [4.78, 5) is 61.3. The third-order valence-electron chi connectivity index (χ3n) is 5.56. The van der Waals surface area contributed by atoms with E-state index < -0.39 is 28.8 Å². The lowest BCUT2D eigenvalue weighted by Crippen LogP contribution is -2.50. The number of ether oxygens (including phenoxy) is 2. The van der Waals surface area contributed by atoms with Crippen molar-refractivity contribution in [3.8, 4) is 10.6 Å². The molecule has 0 radical (unpaired) electrons. The summed E-state index contributed by atoms with van der Waals surface area (Å²) in [7, 11) is 0. The van der Waals surface area contributed by atoms with E-state index >= 15 is 0 Å². The number of anilines is 2. The van der Waals surface area contributed by atoms with Crippen LogP contribution >= 0.6 is 11.3 Å². The van der Waals surface area contributed by atoms with Crippen LogP contribution < -0.4 is 21.1 Å². The number of fused-ring (bicyclic) bond motifs is 1. The first-order valence-electron chi connectivity index (χ1n) is 13.0. The third-order valence-corrected chi connectivity index (χ3v) is 6.51. The average molecular weight is 587 g/mol. The van der Waals surface area contributed by atoms with Crippen LogP contribution in [0.4, 0.5) is 21.2 Å². The van der Waals surface area contributed by atoms with Gasteiger partial charge in [0.15, 0.2) is 0 Å². The number of carbonyl (C=O) groups is 3. The van der Waals surface area contributed by atoms with Gasteiger partial charge in [0, 0.05) is 44.0 Å². The van der Waals surface area contributed by atoms with Gasteiger partial charge in [-0.05, 0) is 53.7 Å². The third kappa shape index (κ3) is 8.13. The fraction of sp³-hybridized carbons (Fsp3) is 0.500. The van der Waals surface area contributed by atoms with Crippen LogP contribution in [0, 0.1) is 0 Å². The Labute approximate surface area is 240 Å². The van der Waals surface area contributed by atoms with Crippen LogP contribution in [0.25, 0.3) is 15.5 Å². The molecule has 14 nitrogen and oxygen atoms in total. The summed E-state index contributed by atoms with van der Waals surface area (Å²) in [6.07, 6.45) is 0.450. The fourth-order valence-corrected chi connectivity index (χ4v) is 4.77. The van der Waals surface area contributed by atoms with Crippen molar-refractivity contribution in [1.82, 2.24) is 29.8 Å².